The smallest absolute Gasteiger partial charge is 0.255 e. The molecule has 0 atom stereocenters. The van der Waals surface area contributed by atoms with Crippen LogP contribution >= 0.6 is 0 Å². The number of anilines is 1. The Balaban J connectivity index is 1.54. The van der Waals surface area contributed by atoms with E-state index in [1.807, 2.05) is 0 Å². The fraction of sp³-hybridized carbons (Fsp3) is 0.292. The fourth-order valence-corrected chi connectivity index (χ4v) is 3.95. The largest absolute Gasteiger partial charge is 0.496 e. The molecule has 4 rings (SSSR count). The summed E-state index contributed by atoms with van der Waals surface area (Å²) >= 11 is 0. The van der Waals surface area contributed by atoms with Gasteiger partial charge in [-0.15, -0.1) is 0 Å². The molecule has 1 saturated heterocycles. The molecule has 2 aromatic carbocycles. The van der Waals surface area contributed by atoms with Crippen LogP contribution in [0.2, 0.25) is 0 Å². The van der Waals surface area contributed by atoms with E-state index in [1.54, 1.807) is 41.1 Å². The molecule has 0 spiro atoms. The summed E-state index contributed by atoms with van der Waals surface area (Å²) in [4.78, 5) is 24.2. The number of nitrogens with zero attached hydrogens (tertiary/aromatic N) is 2. The number of hydrogen-bond acceptors (Lipinski definition) is 6. The molecule has 2 heterocycles. The Bertz CT molecular complexity index is 1170. The summed E-state index contributed by atoms with van der Waals surface area (Å²) in [6, 6.07) is 11.4. The Morgan fingerprint density at radius 3 is 2.76 bits per heavy atom. The Kier molecular flexibility index (Phi) is 6.69. The quantitative estimate of drug-likeness (QED) is 0.532. The third kappa shape index (κ3) is 4.58. The number of amides is 1. The first-order valence-electron chi connectivity index (χ1n) is 10.6. The maximum atomic E-state index is 15.0. The van der Waals surface area contributed by atoms with E-state index in [2.05, 4.69) is 10.4 Å². The summed E-state index contributed by atoms with van der Waals surface area (Å²) in [5.41, 5.74) is 7.67. The van der Waals surface area contributed by atoms with Gasteiger partial charge >= 0.3 is 0 Å². The summed E-state index contributed by atoms with van der Waals surface area (Å²) in [7, 11) is 1.49. The average molecular weight is 452 g/mol. The van der Waals surface area contributed by atoms with E-state index >= 15 is 4.39 Å². The van der Waals surface area contributed by atoms with E-state index in [-0.39, 0.29) is 41.1 Å². The molecule has 1 aromatic heterocycles. The van der Waals surface area contributed by atoms with Crippen molar-refractivity contribution in [1.82, 2.24) is 15.1 Å². The number of aromatic nitrogens is 2. The highest BCUT2D eigenvalue weighted by molar-refractivity contribution is 5.97. The number of halogens is 1. The van der Waals surface area contributed by atoms with Gasteiger partial charge < -0.3 is 20.5 Å². The average Bonchev–Trinajstić information content (AvgIpc) is 3.18. The summed E-state index contributed by atoms with van der Waals surface area (Å²) < 4.78 is 27.2. The Morgan fingerprint density at radius 1 is 1.30 bits per heavy atom. The van der Waals surface area contributed by atoms with E-state index in [9.17, 15) is 9.59 Å². The minimum Gasteiger partial charge on any atom is -0.496 e. The molecule has 9 heteroatoms. The minimum atomic E-state index is -0.557. The highest BCUT2D eigenvalue weighted by Crippen LogP contribution is 2.32. The van der Waals surface area contributed by atoms with Crippen molar-refractivity contribution in [1.29, 1.82) is 0 Å². The number of carbonyl (C=O) groups is 2. The van der Waals surface area contributed by atoms with Crippen LogP contribution in [0, 0.1) is 5.82 Å². The first-order valence-corrected chi connectivity index (χ1v) is 10.6. The lowest BCUT2D eigenvalue weighted by Crippen LogP contribution is -2.23. The van der Waals surface area contributed by atoms with Gasteiger partial charge in [-0.2, -0.15) is 5.10 Å². The zero-order chi connectivity index (χ0) is 23.4. The SMILES string of the molecule is COc1ccccc1C(=O)NCc1ccc(-c2nn(C3CCOCC3)c(N)c2C=O)c(F)c1. The third-order valence-electron chi connectivity index (χ3n) is 5.73. The van der Waals surface area contributed by atoms with E-state index in [4.69, 9.17) is 15.2 Å². The second-order valence-corrected chi connectivity index (χ2v) is 7.75. The summed E-state index contributed by atoms with van der Waals surface area (Å²) in [5, 5.41) is 7.24. The van der Waals surface area contributed by atoms with Crippen LogP contribution in [0.15, 0.2) is 42.5 Å². The highest BCUT2D eigenvalue weighted by Gasteiger charge is 2.25. The fourth-order valence-electron chi connectivity index (χ4n) is 3.95. The number of rotatable bonds is 7. The second-order valence-electron chi connectivity index (χ2n) is 7.75. The Morgan fingerprint density at radius 2 is 2.06 bits per heavy atom. The first-order chi connectivity index (χ1) is 16.0. The number of para-hydroxylation sites is 1. The van der Waals surface area contributed by atoms with E-state index in [0.717, 1.165) is 12.8 Å². The molecule has 0 saturated carbocycles. The predicted octanol–water partition coefficient (Wildman–Crippen LogP) is 3.37. The minimum absolute atomic E-state index is 0.00118. The van der Waals surface area contributed by atoms with Gasteiger partial charge in [0, 0.05) is 25.3 Å². The molecule has 0 aliphatic carbocycles. The van der Waals surface area contributed by atoms with Crippen molar-refractivity contribution in [2.24, 2.45) is 0 Å². The predicted molar refractivity (Wildman–Crippen MR) is 121 cm³/mol. The maximum absolute atomic E-state index is 15.0. The number of methoxy groups -OCH3 is 1. The number of nitrogens with two attached hydrogens (primary N) is 1. The van der Waals surface area contributed by atoms with Gasteiger partial charge in [0.1, 0.15) is 23.1 Å². The van der Waals surface area contributed by atoms with E-state index < -0.39 is 5.82 Å². The number of carbonyl (C=O) groups excluding carboxylic acids is 2. The lowest BCUT2D eigenvalue weighted by Gasteiger charge is -2.23. The van der Waals surface area contributed by atoms with Gasteiger partial charge in [0.15, 0.2) is 6.29 Å². The summed E-state index contributed by atoms with van der Waals surface area (Å²) in [6.07, 6.45) is 2.04. The van der Waals surface area contributed by atoms with Gasteiger partial charge in [0.2, 0.25) is 0 Å². The van der Waals surface area contributed by atoms with Crippen LogP contribution in [0.25, 0.3) is 11.3 Å². The topological polar surface area (TPSA) is 108 Å². The molecule has 172 valence electrons. The van der Waals surface area contributed by atoms with Crippen molar-refractivity contribution in [3.63, 3.8) is 0 Å². The number of hydrogen-bond donors (Lipinski definition) is 2. The van der Waals surface area contributed by atoms with Crippen LogP contribution in [0.4, 0.5) is 10.2 Å². The summed E-state index contributed by atoms with van der Waals surface area (Å²) in [5.74, 6) is -0.211. The van der Waals surface area contributed by atoms with Crippen LogP contribution in [-0.4, -0.2) is 42.3 Å². The first kappa shape index (κ1) is 22.5. The van der Waals surface area contributed by atoms with Crippen molar-refractivity contribution >= 4 is 18.0 Å². The molecule has 1 amide bonds. The van der Waals surface area contributed by atoms with E-state index in [1.165, 1.54) is 13.2 Å². The molecule has 1 fully saturated rings. The summed E-state index contributed by atoms with van der Waals surface area (Å²) in [6.45, 7) is 1.28. The van der Waals surface area contributed by atoms with E-state index in [0.29, 0.717) is 36.4 Å². The van der Waals surface area contributed by atoms with Crippen molar-refractivity contribution in [2.45, 2.75) is 25.4 Å². The Labute approximate surface area is 190 Å². The monoisotopic (exact) mass is 452 g/mol. The Hall–Kier alpha value is -3.72. The molecule has 1 aliphatic rings. The standard InChI is InChI=1S/C24H25FN4O4/c1-32-21-5-3-2-4-18(21)24(31)27-13-15-6-7-17(20(25)12-15)22-19(14-30)23(26)29(28-22)16-8-10-33-11-9-16/h2-7,12,14,16H,8-11,13,26H2,1H3,(H,27,31). The van der Waals surface area contributed by atoms with Crippen LogP contribution in [0.5, 0.6) is 5.75 Å². The van der Waals surface area contributed by atoms with Gasteiger partial charge in [-0.25, -0.2) is 9.07 Å². The van der Waals surface area contributed by atoms with Gasteiger partial charge in [-0.3, -0.25) is 9.59 Å². The number of ether oxygens (including phenoxy) is 2. The lowest BCUT2D eigenvalue weighted by atomic mass is 10.0. The highest BCUT2D eigenvalue weighted by atomic mass is 19.1. The van der Waals surface area contributed by atoms with Gasteiger partial charge in [-0.05, 0) is 42.7 Å². The molecular formula is C24H25FN4O4. The molecule has 33 heavy (non-hydrogen) atoms. The number of nitrogen functional groups attached to an aromatic ring is 1. The van der Waals surface area contributed by atoms with Crippen LogP contribution in [0.1, 0.15) is 45.2 Å². The molecule has 3 aromatic rings. The van der Waals surface area contributed by atoms with Crippen LogP contribution in [0.3, 0.4) is 0 Å². The number of benzene rings is 2. The van der Waals surface area contributed by atoms with Crippen molar-refractivity contribution < 1.29 is 23.5 Å². The molecular weight excluding hydrogens is 427 g/mol. The molecule has 1 aliphatic heterocycles. The zero-order valence-electron chi connectivity index (χ0n) is 18.2. The zero-order valence-corrected chi connectivity index (χ0v) is 18.2. The van der Waals surface area contributed by atoms with Gasteiger partial charge in [-0.1, -0.05) is 18.2 Å². The van der Waals surface area contributed by atoms with Crippen LogP contribution in [-0.2, 0) is 11.3 Å². The second kappa shape index (κ2) is 9.83. The van der Waals surface area contributed by atoms with Crippen molar-refractivity contribution in [3.05, 3.63) is 65.0 Å². The van der Waals surface area contributed by atoms with Crippen molar-refractivity contribution in [3.8, 4) is 17.0 Å². The van der Waals surface area contributed by atoms with Crippen LogP contribution < -0.4 is 15.8 Å². The van der Waals surface area contributed by atoms with Gasteiger partial charge in [0.25, 0.3) is 5.91 Å². The third-order valence-corrected chi connectivity index (χ3v) is 5.73. The van der Waals surface area contributed by atoms with Gasteiger partial charge in [0.05, 0.1) is 24.3 Å². The maximum Gasteiger partial charge on any atom is 0.255 e. The molecule has 0 unspecified atom stereocenters. The number of aldehydes is 1. The lowest BCUT2D eigenvalue weighted by molar-refractivity contribution is 0.0669. The number of nitrogens with one attached hydrogen (secondary N) is 1. The van der Waals surface area contributed by atoms with Crippen molar-refractivity contribution in [2.75, 3.05) is 26.1 Å². The normalized spacial score (nSPS) is 14.1. The molecule has 0 radical (unpaired) electrons. The molecule has 3 N–H and O–H groups in total. The molecule has 0 bridgehead atoms. The molecule has 8 nitrogen and oxygen atoms in total.